The highest BCUT2D eigenvalue weighted by atomic mass is 32.2. The molecule has 0 radical (unpaired) electrons. The highest BCUT2D eigenvalue weighted by molar-refractivity contribution is 7.90. The fourth-order valence-electron chi connectivity index (χ4n) is 2.88. The highest BCUT2D eigenvalue weighted by Crippen LogP contribution is 2.29. The Morgan fingerprint density at radius 3 is 1.54 bits per heavy atom. The Morgan fingerprint density at radius 2 is 1.19 bits per heavy atom. The van der Waals surface area contributed by atoms with Gasteiger partial charge in [0.15, 0.2) is 9.84 Å². The molecule has 1 atom stereocenters. The molecule has 26 heavy (non-hydrogen) atoms. The van der Waals surface area contributed by atoms with Crippen LogP contribution < -0.4 is 5.32 Å². The molecule has 0 aliphatic carbocycles. The van der Waals surface area contributed by atoms with E-state index in [2.05, 4.69) is 71.1 Å². The van der Waals surface area contributed by atoms with Gasteiger partial charge in [-0.2, -0.15) is 0 Å². The Labute approximate surface area is 158 Å². The Morgan fingerprint density at radius 1 is 0.769 bits per heavy atom. The lowest BCUT2D eigenvalue weighted by molar-refractivity contribution is 0.391. The van der Waals surface area contributed by atoms with E-state index in [0.29, 0.717) is 4.90 Å². The van der Waals surface area contributed by atoms with E-state index in [4.69, 9.17) is 0 Å². The Kier molecular flexibility index (Phi) is 5.69. The summed E-state index contributed by atoms with van der Waals surface area (Å²) in [5.74, 6) is 0. The largest absolute Gasteiger partial charge is 0.302 e. The highest BCUT2D eigenvalue weighted by Gasteiger charge is 2.22. The van der Waals surface area contributed by atoms with Gasteiger partial charge in [-0.05, 0) is 55.0 Å². The van der Waals surface area contributed by atoms with Crippen molar-refractivity contribution >= 4 is 9.84 Å². The maximum Gasteiger partial charge on any atom is 0.175 e. The molecule has 2 rings (SSSR count). The summed E-state index contributed by atoms with van der Waals surface area (Å²) in [6.07, 6.45) is 1.23. The first kappa shape index (κ1) is 20.7. The van der Waals surface area contributed by atoms with E-state index in [0.717, 1.165) is 5.56 Å². The predicted octanol–water partition coefficient (Wildman–Crippen LogP) is 4.87. The van der Waals surface area contributed by atoms with Crippen LogP contribution in [-0.4, -0.2) is 20.2 Å². The van der Waals surface area contributed by atoms with Gasteiger partial charge in [0.05, 0.1) is 10.9 Å². The summed E-state index contributed by atoms with van der Waals surface area (Å²) in [7, 11) is -3.19. The number of sulfone groups is 1. The third-order valence-corrected chi connectivity index (χ3v) is 5.46. The summed E-state index contributed by atoms with van der Waals surface area (Å²) in [6.45, 7) is 13.0. The van der Waals surface area contributed by atoms with Gasteiger partial charge < -0.3 is 5.32 Å². The molecule has 0 amide bonds. The molecule has 142 valence electrons. The monoisotopic (exact) mass is 373 g/mol. The SMILES string of the molecule is CC(C)(C)NC(c1ccc(C(C)(C)C)cc1)c1ccc(S(C)(=O)=O)cc1. The van der Waals surface area contributed by atoms with Crippen LogP contribution in [-0.2, 0) is 15.3 Å². The van der Waals surface area contributed by atoms with E-state index in [1.807, 2.05) is 12.1 Å². The summed E-state index contributed by atoms with van der Waals surface area (Å²) in [5, 5.41) is 3.66. The van der Waals surface area contributed by atoms with E-state index in [-0.39, 0.29) is 17.0 Å². The number of benzene rings is 2. The zero-order valence-electron chi connectivity index (χ0n) is 16.9. The van der Waals surface area contributed by atoms with Gasteiger partial charge in [0.2, 0.25) is 0 Å². The van der Waals surface area contributed by atoms with Gasteiger partial charge in [-0.3, -0.25) is 0 Å². The minimum Gasteiger partial charge on any atom is -0.302 e. The van der Waals surface area contributed by atoms with Crippen LogP contribution >= 0.6 is 0 Å². The molecule has 0 bridgehead atoms. The van der Waals surface area contributed by atoms with Crippen molar-refractivity contribution in [1.82, 2.24) is 5.32 Å². The van der Waals surface area contributed by atoms with Crippen LogP contribution in [0, 0.1) is 0 Å². The van der Waals surface area contributed by atoms with Crippen molar-refractivity contribution < 1.29 is 8.42 Å². The van der Waals surface area contributed by atoms with Crippen molar-refractivity contribution in [2.45, 2.75) is 63.4 Å². The van der Waals surface area contributed by atoms with Crippen LogP contribution in [0.5, 0.6) is 0 Å². The topological polar surface area (TPSA) is 46.2 Å². The molecule has 0 saturated carbocycles. The number of nitrogens with one attached hydrogen (secondary N) is 1. The Hall–Kier alpha value is -1.65. The van der Waals surface area contributed by atoms with Gasteiger partial charge in [-0.1, -0.05) is 57.2 Å². The van der Waals surface area contributed by atoms with Gasteiger partial charge in [0, 0.05) is 11.8 Å². The van der Waals surface area contributed by atoms with Crippen LogP contribution in [0.2, 0.25) is 0 Å². The van der Waals surface area contributed by atoms with Crippen molar-refractivity contribution in [3.63, 3.8) is 0 Å². The van der Waals surface area contributed by atoms with Crippen molar-refractivity contribution in [3.05, 3.63) is 65.2 Å². The molecule has 0 aliphatic heterocycles. The zero-order valence-corrected chi connectivity index (χ0v) is 17.7. The van der Waals surface area contributed by atoms with Gasteiger partial charge >= 0.3 is 0 Å². The molecule has 4 heteroatoms. The molecule has 0 saturated heterocycles. The number of rotatable bonds is 4. The minimum absolute atomic E-state index is 0.00220. The maximum absolute atomic E-state index is 11.7. The molecule has 0 heterocycles. The fraction of sp³-hybridized carbons (Fsp3) is 0.455. The minimum atomic E-state index is -3.19. The molecular formula is C22H31NO2S. The zero-order chi connectivity index (χ0) is 19.8. The van der Waals surface area contributed by atoms with E-state index >= 15 is 0 Å². The second-order valence-electron chi connectivity index (χ2n) is 9.04. The molecule has 1 unspecified atom stereocenters. The summed E-state index contributed by atoms with van der Waals surface area (Å²) in [6, 6.07) is 15.8. The van der Waals surface area contributed by atoms with Crippen LogP contribution in [0.25, 0.3) is 0 Å². The van der Waals surface area contributed by atoms with Gasteiger partial charge in [-0.25, -0.2) is 8.42 Å². The first-order chi connectivity index (χ1) is 11.8. The van der Waals surface area contributed by atoms with Gasteiger partial charge in [0.25, 0.3) is 0 Å². The van der Waals surface area contributed by atoms with Gasteiger partial charge in [-0.15, -0.1) is 0 Å². The molecule has 0 aliphatic rings. The van der Waals surface area contributed by atoms with E-state index < -0.39 is 9.84 Å². The summed E-state index contributed by atoms with van der Waals surface area (Å²) in [5.41, 5.74) is 3.55. The Bertz CT molecular complexity index is 837. The summed E-state index contributed by atoms with van der Waals surface area (Å²) < 4.78 is 23.5. The normalized spacial score (nSPS) is 14.3. The lowest BCUT2D eigenvalue weighted by Gasteiger charge is -2.30. The third kappa shape index (κ3) is 5.42. The van der Waals surface area contributed by atoms with E-state index in [1.165, 1.54) is 17.4 Å². The molecule has 0 spiro atoms. The van der Waals surface area contributed by atoms with Gasteiger partial charge in [0.1, 0.15) is 0 Å². The molecular weight excluding hydrogens is 342 g/mol. The third-order valence-electron chi connectivity index (χ3n) is 4.33. The average molecular weight is 374 g/mol. The van der Waals surface area contributed by atoms with Crippen LogP contribution in [0.3, 0.4) is 0 Å². The molecule has 3 nitrogen and oxygen atoms in total. The molecule has 2 aromatic carbocycles. The molecule has 1 N–H and O–H groups in total. The second-order valence-corrected chi connectivity index (χ2v) is 11.1. The van der Waals surface area contributed by atoms with Crippen molar-refractivity contribution in [2.24, 2.45) is 0 Å². The summed E-state index contributed by atoms with van der Waals surface area (Å²) >= 11 is 0. The van der Waals surface area contributed by atoms with Crippen molar-refractivity contribution in [1.29, 1.82) is 0 Å². The van der Waals surface area contributed by atoms with E-state index in [1.54, 1.807) is 12.1 Å². The standard InChI is InChI=1S/C22H31NO2S/c1-21(2,3)18-12-8-16(9-13-18)20(23-22(4,5)6)17-10-14-19(15-11-17)26(7,24)25/h8-15,20,23H,1-7H3. The van der Waals surface area contributed by atoms with Crippen molar-refractivity contribution in [2.75, 3.05) is 6.26 Å². The first-order valence-electron chi connectivity index (χ1n) is 8.95. The van der Waals surface area contributed by atoms with Crippen LogP contribution in [0.1, 0.15) is 64.3 Å². The average Bonchev–Trinajstić information content (AvgIpc) is 2.50. The summed E-state index contributed by atoms with van der Waals surface area (Å²) in [4.78, 5) is 0.346. The van der Waals surface area contributed by atoms with Crippen molar-refractivity contribution in [3.8, 4) is 0 Å². The number of hydrogen-bond acceptors (Lipinski definition) is 3. The Balaban J connectivity index is 2.44. The molecule has 0 aromatic heterocycles. The van der Waals surface area contributed by atoms with E-state index in [9.17, 15) is 8.42 Å². The molecule has 0 fully saturated rings. The lowest BCUT2D eigenvalue weighted by Crippen LogP contribution is -2.39. The first-order valence-corrected chi connectivity index (χ1v) is 10.8. The lowest BCUT2D eigenvalue weighted by atomic mass is 9.85. The quantitative estimate of drug-likeness (QED) is 0.832. The molecule has 2 aromatic rings. The number of hydrogen-bond donors (Lipinski definition) is 1. The smallest absolute Gasteiger partial charge is 0.175 e. The van der Waals surface area contributed by atoms with Crippen LogP contribution in [0.15, 0.2) is 53.4 Å². The second kappa shape index (κ2) is 7.16. The predicted molar refractivity (Wildman–Crippen MR) is 109 cm³/mol. The van der Waals surface area contributed by atoms with Crippen LogP contribution in [0.4, 0.5) is 0 Å². The maximum atomic E-state index is 11.7. The fourth-order valence-corrected chi connectivity index (χ4v) is 3.51.